The summed E-state index contributed by atoms with van der Waals surface area (Å²) in [6.07, 6.45) is 4.72. The van der Waals surface area contributed by atoms with Crippen molar-refractivity contribution >= 4 is 22.6 Å². The minimum absolute atomic E-state index is 0.0119. The van der Waals surface area contributed by atoms with E-state index in [9.17, 15) is 9.59 Å². The standard InChI is InChI=1S/C20H22N6O2/c1-12(9-14-10-21-17-6-4-3-5-16(14)17)24-18(27)8-7-15-13(2)25-20-22-11-23-26(20)19(15)28/h3-6,10-12,21H,7-9H2,1-2H3,(H,24,27)(H,22,23,25)/t12-/m1/s1. The van der Waals surface area contributed by atoms with Crippen LogP contribution in [0.2, 0.25) is 0 Å². The molecule has 0 aliphatic carbocycles. The van der Waals surface area contributed by atoms with Crippen molar-refractivity contribution in [3.05, 3.63) is 64.0 Å². The molecule has 144 valence electrons. The van der Waals surface area contributed by atoms with Gasteiger partial charge in [-0.2, -0.15) is 4.52 Å². The largest absolute Gasteiger partial charge is 0.361 e. The molecule has 0 spiro atoms. The van der Waals surface area contributed by atoms with Crippen molar-refractivity contribution < 1.29 is 4.79 Å². The van der Waals surface area contributed by atoms with E-state index >= 15 is 0 Å². The van der Waals surface area contributed by atoms with Crippen molar-refractivity contribution in [2.75, 3.05) is 0 Å². The molecule has 8 heteroatoms. The number of aryl methyl sites for hydroxylation is 1. The highest BCUT2D eigenvalue weighted by atomic mass is 16.1. The Kier molecular flexibility index (Phi) is 4.68. The lowest BCUT2D eigenvalue weighted by molar-refractivity contribution is -0.121. The summed E-state index contributed by atoms with van der Waals surface area (Å²) in [6.45, 7) is 3.75. The van der Waals surface area contributed by atoms with Crippen LogP contribution < -0.4 is 10.9 Å². The van der Waals surface area contributed by atoms with Crippen LogP contribution in [0.3, 0.4) is 0 Å². The average molecular weight is 378 g/mol. The third-order valence-electron chi connectivity index (χ3n) is 4.94. The van der Waals surface area contributed by atoms with Gasteiger partial charge in [0.2, 0.25) is 5.91 Å². The number of nitrogens with zero attached hydrogens (tertiary/aromatic N) is 3. The maximum absolute atomic E-state index is 12.5. The molecular formula is C20H22N6O2. The van der Waals surface area contributed by atoms with Gasteiger partial charge in [-0.25, -0.2) is 9.97 Å². The number of aromatic amines is 2. The molecule has 3 aromatic heterocycles. The van der Waals surface area contributed by atoms with Crippen LogP contribution in [0.15, 0.2) is 41.6 Å². The zero-order valence-electron chi connectivity index (χ0n) is 15.8. The Bertz CT molecular complexity index is 1200. The molecule has 4 aromatic rings. The Morgan fingerprint density at radius 1 is 1.32 bits per heavy atom. The summed E-state index contributed by atoms with van der Waals surface area (Å²) in [5.74, 6) is 0.254. The fourth-order valence-electron chi connectivity index (χ4n) is 3.55. The summed E-state index contributed by atoms with van der Waals surface area (Å²) in [4.78, 5) is 36.4. The van der Waals surface area contributed by atoms with Gasteiger partial charge in [-0.3, -0.25) is 14.7 Å². The Morgan fingerprint density at radius 2 is 2.14 bits per heavy atom. The van der Waals surface area contributed by atoms with Crippen LogP contribution in [0.1, 0.15) is 30.2 Å². The quantitative estimate of drug-likeness (QED) is 0.476. The van der Waals surface area contributed by atoms with Gasteiger partial charge in [-0.05, 0) is 38.3 Å². The van der Waals surface area contributed by atoms with Crippen LogP contribution in [0.4, 0.5) is 0 Å². The van der Waals surface area contributed by atoms with Crippen molar-refractivity contribution in [1.82, 2.24) is 29.9 Å². The van der Waals surface area contributed by atoms with Gasteiger partial charge in [0.25, 0.3) is 11.3 Å². The smallest absolute Gasteiger partial charge is 0.277 e. The van der Waals surface area contributed by atoms with E-state index in [2.05, 4.69) is 31.4 Å². The zero-order chi connectivity index (χ0) is 19.7. The van der Waals surface area contributed by atoms with E-state index in [0.717, 1.165) is 11.9 Å². The molecule has 1 amide bonds. The summed E-state index contributed by atoms with van der Waals surface area (Å²) in [6, 6.07) is 8.10. The van der Waals surface area contributed by atoms with Crippen LogP contribution >= 0.6 is 0 Å². The normalized spacial score (nSPS) is 12.5. The summed E-state index contributed by atoms with van der Waals surface area (Å²) in [7, 11) is 0. The SMILES string of the molecule is Cc1nc2nc[nH]n2c(=O)c1CCC(=O)N[C@H](C)Cc1c[nH]c2ccccc12. The lowest BCUT2D eigenvalue weighted by Crippen LogP contribution is -2.34. The molecule has 0 unspecified atom stereocenters. The van der Waals surface area contributed by atoms with E-state index in [1.807, 2.05) is 31.3 Å². The van der Waals surface area contributed by atoms with E-state index in [1.54, 1.807) is 6.92 Å². The molecule has 0 bridgehead atoms. The highest BCUT2D eigenvalue weighted by molar-refractivity contribution is 5.83. The number of hydrogen-bond donors (Lipinski definition) is 3. The summed E-state index contributed by atoms with van der Waals surface area (Å²) < 4.78 is 1.29. The number of rotatable bonds is 6. The average Bonchev–Trinajstić information content (AvgIpc) is 3.29. The van der Waals surface area contributed by atoms with Gasteiger partial charge in [0.15, 0.2) is 0 Å². The second-order valence-electron chi connectivity index (χ2n) is 7.04. The van der Waals surface area contributed by atoms with Gasteiger partial charge < -0.3 is 10.3 Å². The number of H-pyrrole nitrogens is 2. The van der Waals surface area contributed by atoms with Crippen molar-refractivity contribution in [1.29, 1.82) is 0 Å². The lowest BCUT2D eigenvalue weighted by atomic mass is 10.1. The zero-order valence-corrected chi connectivity index (χ0v) is 15.8. The molecule has 1 aromatic carbocycles. The second-order valence-corrected chi connectivity index (χ2v) is 7.04. The number of amides is 1. The maximum Gasteiger partial charge on any atom is 0.277 e. The number of aromatic nitrogens is 5. The Morgan fingerprint density at radius 3 is 3.00 bits per heavy atom. The Labute approximate surface area is 161 Å². The van der Waals surface area contributed by atoms with Crippen LogP contribution in [-0.4, -0.2) is 36.5 Å². The van der Waals surface area contributed by atoms with E-state index in [-0.39, 0.29) is 23.9 Å². The lowest BCUT2D eigenvalue weighted by Gasteiger charge is -2.14. The molecule has 1 atom stereocenters. The molecule has 0 saturated heterocycles. The highest BCUT2D eigenvalue weighted by Gasteiger charge is 2.15. The van der Waals surface area contributed by atoms with Crippen molar-refractivity contribution in [3.63, 3.8) is 0 Å². The van der Waals surface area contributed by atoms with Crippen molar-refractivity contribution in [2.24, 2.45) is 0 Å². The molecule has 4 rings (SSSR count). The summed E-state index contributed by atoms with van der Waals surface area (Å²) >= 11 is 0. The Balaban J connectivity index is 1.39. The van der Waals surface area contributed by atoms with Gasteiger partial charge in [0.05, 0.1) is 5.69 Å². The molecule has 0 aliphatic rings. The fourth-order valence-corrected chi connectivity index (χ4v) is 3.55. The maximum atomic E-state index is 12.5. The fraction of sp³-hybridized carbons (Fsp3) is 0.300. The summed E-state index contributed by atoms with van der Waals surface area (Å²) in [5, 5.41) is 6.94. The third-order valence-corrected chi connectivity index (χ3v) is 4.94. The monoisotopic (exact) mass is 378 g/mol. The van der Waals surface area contributed by atoms with E-state index < -0.39 is 0 Å². The van der Waals surface area contributed by atoms with E-state index in [0.29, 0.717) is 23.5 Å². The predicted molar refractivity (Wildman–Crippen MR) is 106 cm³/mol. The molecule has 3 N–H and O–H groups in total. The number of hydrogen-bond acceptors (Lipinski definition) is 4. The van der Waals surface area contributed by atoms with Crippen LogP contribution in [0, 0.1) is 6.92 Å². The highest BCUT2D eigenvalue weighted by Crippen LogP contribution is 2.19. The minimum atomic E-state index is -0.209. The minimum Gasteiger partial charge on any atom is -0.361 e. The van der Waals surface area contributed by atoms with Gasteiger partial charge >= 0.3 is 0 Å². The molecule has 3 heterocycles. The molecule has 0 radical (unpaired) electrons. The van der Waals surface area contributed by atoms with Crippen molar-refractivity contribution in [2.45, 2.75) is 39.2 Å². The molecule has 0 saturated carbocycles. The van der Waals surface area contributed by atoms with E-state index in [1.165, 1.54) is 21.8 Å². The third kappa shape index (κ3) is 3.40. The number of carbonyl (C=O) groups is 1. The van der Waals surface area contributed by atoms with Gasteiger partial charge in [-0.15, -0.1) is 0 Å². The van der Waals surface area contributed by atoms with Gasteiger partial charge in [0.1, 0.15) is 6.33 Å². The number of benzene rings is 1. The number of nitrogens with one attached hydrogen (secondary N) is 3. The Hall–Kier alpha value is -3.42. The topological polar surface area (TPSA) is 108 Å². The molecular weight excluding hydrogens is 356 g/mol. The number of fused-ring (bicyclic) bond motifs is 2. The van der Waals surface area contributed by atoms with E-state index in [4.69, 9.17) is 0 Å². The molecule has 0 fully saturated rings. The first-order valence-electron chi connectivity index (χ1n) is 9.29. The van der Waals surface area contributed by atoms with Gasteiger partial charge in [0, 0.05) is 35.1 Å². The summed E-state index contributed by atoms with van der Waals surface area (Å²) in [5.41, 5.74) is 3.19. The molecule has 28 heavy (non-hydrogen) atoms. The number of carbonyl (C=O) groups excluding carboxylic acids is 1. The number of para-hydroxylation sites is 1. The first-order valence-corrected chi connectivity index (χ1v) is 9.29. The van der Waals surface area contributed by atoms with Crippen LogP contribution in [-0.2, 0) is 17.6 Å². The van der Waals surface area contributed by atoms with Gasteiger partial charge in [-0.1, -0.05) is 18.2 Å². The molecule has 8 nitrogen and oxygen atoms in total. The first-order chi connectivity index (χ1) is 13.5. The van der Waals surface area contributed by atoms with Crippen molar-refractivity contribution in [3.8, 4) is 0 Å². The van der Waals surface area contributed by atoms with Crippen LogP contribution in [0.25, 0.3) is 16.7 Å². The first kappa shape index (κ1) is 18.0. The second kappa shape index (κ2) is 7.30. The molecule has 0 aliphatic heterocycles. The van der Waals surface area contributed by atoms with Crippen LogP contribution in [0.5, 0.6) is 0 Å². The predicted octanol–water partition coefficient (Wildman–Crippen LogP) is 1.89.